The summed E-state index contributed by atoms with van der Waals surface area (Å²) in [5.41, 5.74) is 5.99. The lowest BCUT2D eigenvalue weighted by Gasteiger charge is -2.22. The summed E-state index contributed by atoms with van der Waals surface area (Å²) in [5.74, 6) is -0.253. The normalized spacial score (nSPS) is 19.5. The van der Waals surface area contributed by atoms with Crippen molar-refractivity contribution in [1.82, 2.24) is 4.57 Å². The predicted octanol–water partition coefficient (Wildman–Crippen LogP) is 1.45. The maximum atomic E-state index is 12.5. The van der Waals surface area contributed by atoms with E-state index in [1.807, 2.05) is 6.07 Å². The van der Waals surface area contributed by atoms with Gasteiger partial charge in [-0.1, -0.05) is 12.1 Å². The number of Topliss-reactive ketones (excluding diaryl/α,β-unsaturated/α-hetero) is 2. The minimum atomic E-state index is -0.552. The van der Waals surface area contributed by atoms with Gasteiger partial charge in [0.25, 0.3) is 5.56 Å². The molecule has 1 unspecified atom stereocenters. The van der Waals surface area contributed by atoms with E-state index in [0.717, 1.165) is 5.39 Å². The van der Waals surface area contributed by atoms with Crippen LogP contribution in [0.1, 0.15) is 25.3 Å². The number of benzene rings is 1. The average Bonchev–Trinajstić information content (AvgIpc) is 2.40. The van der Waals surface area contributed by atoms with E-state index in [-0.39, 0.29) is 23.5 Å². The van der Waals surface area contributed by atoms with Crippen LogP contribution in [0.15, 0.2) is 35.3 Å². The number of carbonyl (C=O) groups excluding carboxylic acids is 2. The summed E-state index contributed by atoms with van der Waals surface area (Å²) in [6, 6.07) is 6.48. The van der Waals surface area contributed by atoms with Crippen LogP contribution >= 0.6 is 0 Å². The van der Waals surface area contributed by atoms with Gasteiger partial charge in [-0.2, -0.15) is 0 Å². The molecule has 0 radical (unpaired) electrons. The van der Waals surface area contributed by atoms with Crippen LogP contribution in [0.3, 0.4) is 0 Å². The highest BCUT2D eigenvalue weighted by atomic mass is 16.2. The van der Waals surface area contributed by atoms with Crippen molar-refractivity contribution in [2.45, 2.75) is 25.3 Å². The van der Waals surface area contributed by atoms with Crippen molar-refractivity contribution in [1.29, 1.82) is 0 Å². The molecule has 2 aromatic rings. The summed E-state index contributed by atoms with van der Waals surface area (Å²) >= 11 is 0. The van der Waals surface area contributed by atoms with Crippen LogP contribution < -0.4 is 11.3 Å². The Bertz CT molecular complexity index is 776. The van der Waals surface area contributed by atoms with Crippen LogP contribution in [0.25, 0.3) is 10.8 Å². The van der Waals surface area contributed by atoms with Gasteiger partial charge in [-0.25, -0.2) is 0 Å². The fourth-order valence-corrected chi connectivity index (χ4v) is 2.73. The molecule has 0 spiro atoms. The molecule has 0 bridgehead atoms. The Balaban J connectivity index is 2.16. The first kappa shape index (κ1) is 12.6. The van der Waals surface area contributed by atoms with Gasteiger partial charge < -0.3 is 10.3 Å². The van der Waals surface area contributed by atoms with Crippen molar-refractivity contribution in [2.75, 3.05) is 5.73 Å². The fraction of sp³-hybridized carbons (Fsp3) is 0.267. The molecule has 1 aromatic carbocycles. The molecule has 1 aliphatic carbocycles. The number of hydrogen-bond acceptors (Lipinski definition) is 4. The van der Waals surface area contributed by atoms with Crippen LogP contribution in [-0.4, -0.2) is 16.1 Å². The minimum absolute atomic E-state index is 0.0559. The number of hydrogen-bond donors (Lipinski definition) is 1. The fourth-order valence-electron chi connectivity index (χ4n) is 2.73. The maximum Gasteiger partial charge on any atom is 0.261 e. The van der Waals surface area contributed by atoms with Gasteiger partial charge in [0.1, 0.15) is 5.78 Å². The quantitative estimate of drug-likeness (QED) is 0.628. The first-order valence-electron chi connectivity index (χ1n) is 6.51. The Morgan fingerprint density at radius 1 is 1.15 bits per heavy atom. The number of aromatic nitrogens is 1. The number of ketones is 2. The van der Waals surface area contributed by atoms with Crippen molar-refractivity contribution >= 4 is 28.0 Å². The molecule has 1 atom stereocenters. The maximum absolute atomic E-state index is 12.5. The number of carbonyl (C=O) groups is 2. The molecule has 0 saturated heterocycles. The molecule has 20 heavy (non-hydrogen) atoms. The zero-order valence-electron chi connectivity index (χ0n) is 10.8. The highest BCUT2D eigenvalue weighted by Gasteiger charge is 2.29. The Morgan fingerprint density at radius 2 is 1.95 bits per heavy atom. The van der Waals surface area contributed by atoms with Crippen LogP contribution in [-0.2, 0) is 9.59 Å². The molecule has 0 amide bonds. The molecular weight excluding hydrogens is 256 g/mol. The standard InChI is InChI=1S/C15H14N2O3/c16-11-3-1-2-9-6-7-17(15(20)14(9)11)12-5-4-10(18)8-13(12)19/h1-3,6-7,12H,4-5,8,16H2. The molecular formula is C15H14N2O3. The Labute approximate surface area is 115 Å². The number of nitrogen functional groups attached to an aromatic ring is 1. The van der Waals surface area contributed by atoms with Crippen molar-refractivity contribution in [3.05, 3.63) is 40.8 Å². The zero-order chi connectivity index (χ0) is 14.3. The van der Waals surface area contributed by atoms with E-state index in [9.17, 15) is 14.4 Å². The first-order valence-corrected chi connectivity index (χ1v) is 6.51. The Kier molecular flexibility index (Phi) is 2.89. The summed E-state index contributed by atoms with van der Waals surface area (Å²) < 4.78 is 1.41. The van der Waals surface area contributed by atoms with Crippen molar-refractivity contribution in [3.63, 3.8) is 0 Å². The van der Waals surface area contributed by atoms with Crippen molar-refractivity contribution in [3.8, 4) is 0 Å². The topological polar surface area (TPSA) is 82.2 Å². The van der Waals surface area contributed by atoms with Crippen LogP contribution in [0.5, 0.6) is 0 Å². The second-order valence-corrected chi connectivity index (χ2v) is 5.08. The predicted molar refractivity (Wildman–Crippen MR) is 75.5 cm³/mol. The number of anilines is 1. The van der Waals surface area contributed by atoms with Gasteiger partial charge in [0, 0.05) is 18.3 Å². The second-order valence-electron chi connectivity index (χ2n) is 5.08. The van der Waals surface area contributed by atoms with Gasteiger partial charge in [0.2, 0.25) is 0 Å². The average molecular weight is 270 g/mol. The van der Waals surface area contributed by atoms with Crippen LogP contribution in [0.4, 0.5) is 5.69 Å². The third-order valence-corrected chi connectivity index (χ3v) is 3.77. The molecule has 3 rings (SSSR count). The molecule has 2 N–H and O–H groups in total. The first-order chi connectivity index (χ1) is 9.58. The van der Waals surface area contributed by atoms with E-state index in [2.05, 4.69) is 0 Å². The highest BCUT2D eigenvalue weighted by molar-refractivity contribution is 6.03. The molecule has 1 aromatic heterocycles. The van der Waals surface area contributed by atoms with Crippen molar-refractivity contribution in [2.24, 2.45) is 0 Å². The Morgan fingerprint density at radius 3 is 2.70 bits per heavy atom. The van der Waals surface area contributed by atoms with E-state index < -0.39 is 6.04 Å². The highest BCUT2D eigenvalue weighted by Crippen LogP contribution is 2.24. The van der Waals surface area contributed by atoms with Gasteiger partial charge in [-0.15, -0.1) is 0 Å². The molecule has 1 aliphatic rings. The van der Waals surface area contributed by atoms with E-state index in [1.165, 1.54) is 4.57 Å². The second kappa shape index (κ2) is 4.59. The Hall–Kier alpha value is -2.43. The summed E-state index contributed by atoms with van der Waals surface area (Å²) in [7, 11) is 0. The lowest BCUT2D eigenvalue weighted by atomic mass is 9.92. The minimum Gasteiger partial charge on any atom is -0.398 e. The van der Waals surface area contributed by atoms with Gasteiger partial charge in [0.15, 0.2) is 5.78 Å². The van der Waals surface area contributed by atoms with Gasteiger partial charge in [-0.3, -0.25) is 14.4 Å². The van der Waals surface area contributed by atoms with Crippen LogP contribution in [0.2, 0.25) is 0 Å². The molecule has 1 saturated carbocycles. The number of nitrogens with two attached hydrogens (primary N) is 1. The largest absolute Gasteiger partial charge is 0.398 e. The zero-order valence-corrected chi connectivity index (χ0v) is 10.8. The van der Waals surface area contributed by atoms with E-state index >= 15 is 0 Å². The lowest BCUT2D eigenvalue weighted by Crippen LogP contribution is -2.34. The SMILES string of the molecule is Nc1cccc2ccn(C3CCC(=O)CC3=O)c(=O)c12. The summed E-state index contributed by atoms with van der Waals surface area (Å²) in [5, 5.41) is 1.19. The number of fused-ring (bicyclic) bond motifs is 1. The van der Waals surface area contributed by atoms with Crippen LogP contribution in [0, 0.1) is 0 Å². The molecule has 1 heterocycles. The molecule has 1 fully saturated rings. The molecule has 0 aliphatic heterocycles. The number of rotatable bonds is 1. The third kappa shape index (κ3) is 1.91. The third-order valence-electron chi connectivity index (χ3n) is 3.77. The van der Waals surface area contributed by atoms with Gasteiger partial charge in [-0.05, 0) is 23.9 Å². The molecule has 102 valence electrons. The summed E-state index contributed by atoms with van der Waals surface area (Å²) in [6.45, 7) is 0. The van der Waals surface area contributed by atoms with E-state index in [4.69, 9.17) is 5.73 Å². The van der Waals surface area contributed by atoms with E-state index in [0.29, 0.717) is 23.9 Å². The lowest BCUT2D eigenvalue weighted by molar-refractivity contribution is -0.132. The van der Waals surface area contributed by atoms with Gasteiger partial charge >= 0.3 is 0 Å². The molecule has 5 heteroatoms. The summed E-state index contributed by atoms with van der Waals surface area (Å²) in [4.78, 5) is 35.8. The molecule has 5 nitrogen and oxygen atoms in total. The van der Waals surface area contributed by atoms with Gasteiger partial charge in [0.05, 0.1) is 17.8 Å². The number of pyridine rings is 1. The summed E-state index contributed by atoms with van der Waals surface area (Å²) in [6.07, 6.45) is 2.25. The smallest absolute Gasteiger partial charge is 0.261 e. The number of nitrogens with zero attached hydrogens (tertiary/aromatic N) is 1. The van der Waals surface area contributed by atoms with Crippen molar-refractivity contribution < 1.29 is 9.59 Å². The van der Waals surface area contributed by atoms with E-state index in [1.54, 1.807) is 24.4 Å². The monoisotopic (exact) mass is 270 g/mol.